The van der Waals surface area contributed by atoms with Crippen molar-refractivity contribution in [1.29, 1.82) is 0 Å². The summed E-state index contributed by atoms with van der Waals surface area (Å²) in [4.78, 5) is 33.5. The van der Waals surface area contributed by atoms with E-state index in [2.05, 4.69) is 9.88 Å². The van der Waals surface area contributed by atoms with Crippen LogP contribution in [0.3, 0.4) is 0 Å². The maximum atomic E-state index is 13.6. The summed E-state index contributed by atoms with van der Waals surface area (Å²) in [5.74, 6) is -1.09. The monoisotopic (exact) mass is 627 g/mol. The van der Waals surface area contributed by atoms with E-state index >= 15 is 0 Å². The van der Waals surface area contributed by atoms with Crippen LogP contribution in [-0.4, -0.2) is 75.5 Å². The van der Waals surface area contributed by atoms with E-state index in [0.717, 1.165) is 18.7 Å². The highest BCUT2D eigenvalue weighted by molar-refractivity contribution is 8.26. The van der Waals surface area contributed by atoms with Crippen LogP contribution < -0.4 is 4.74 Å². The largest absolute Gasteiger partial charge is 0.493 e. The smallest absolute Gasteiger partial charge is 0.335 e. The van der Waals surface area contributed by atoms with Gasteiger partial charge in [-0.2, -0.15) is 0 Å². The number of ether oxygens (including phenoxy) is 2. The first kappa shape index (κ1) is 30.1. The summed E-state index contributed by atoms with van der Waals surface area (Å²) < 4.78 is 25.5. The number of carboxylic acid groups (broad SMARTS) is 1. The Bertz CT molecular complexity index is 1550. The van der Waals surface area contributed by atoms with Crippen molar-refractivity contribution >= 4 is 57.9 Å². The van der Waals surface area contributed by atoms with Gasteiger partial charge in [-0.15, -0.1) is 0 Å². The number of thiocarbonyl (C=S) groups is 1. The number of halogens is 2. The molecule has 8 nitrogen and oxygen atoms in total. The van der Waals surface area contributed by atoms with Gasteiger partial charge in [-0.3, -0.25) is 14.6 Å². The third kappa shape index (κ3) is 7.34. The molecule has 42 heavy (non-hydrogen) atoms. The van der Waals surface area contributed by atoms with Gasteiger partial charge in [0.05, 0.1) is 46.7 Å². The van der Waals surface area contributed by atoms with Crippen LogP contribution in [0, 0.1) is 5.82 Å². The highest BCUT2D eigenvalue weighted by Crippen LogP contribution is 2.33. The summed E-state index contributed by atoms with van der Waals surface area (Å²) in [6.45, 7) is 4.05. The SMILES string of the molecule is O=C(O)c1ccc(OCCCN2C(=O)C(=Cc3cccc(-c4ccc(F)c(Cl)c4)n3)SC2=S)c(CN2CCOCC2)c1. The lowest BCUT2D eigenvalue weighted by molar-refractivity contribution is -0.122. The van der Waals surface area contributed by atoms with E-state index in [0.29, 0.717) is 71.3 Å². The number of aromatic carboxylic acids is 1. The van der Waals surface area contributed by atoms with Crippen LogP contribution in [-0.2, 0) is 16.1 Å². The number of thioether (sulfide) groups is 1. The molecule has 3 heterocycles. The van der Waals surface area contributed by atoms with Gasteiger partial charge in [0, 0.05) is 37.3 Å². The average Bonchev–Trinajstić information content (AvgIpc) is 3.25. The number of amides is 1. The number of hydrogen-bond donors (Lipinski definition) is 1. The number of nitrogens with zero attached hydrogens (tertiary/aromatic N) is 3. The third-order valence-electron chi connectivity index (χ3n) is 6.73. The molecule has 12 heteroatoms. The Morgan fingerprint density at radius 3 is 2.76 bits per heavy atom. The minimum absolute atomic E-state index is 0.00940. The molecule has 0 bridgehead atoms. The molecule has 1 amide bonds. The lowest BCUT2D eigenvalue weighted by Crippen LogP contribution is -2.35. The molecule has 0 saturated carbocycles. The lowest BCUT2D eigenvalue weighted by Gasteiger charge is -2.27. The predicted molar refractivity (Wildman–Crippen MR) is 164 cm³/mol. The fourth-order valence-electron chi connectivity index (χ4n) is 4.56. The molecule has 2 saturated heterocycles. The zero-order chi connectivity index (χ0) is 29.6. The number of carbonyl (C=O) groups is 2. The van der Waals surface area contributed by atoms with Crippen LogP contribution in [0.1, 0.15) is 28.0 Å². The first-order valence-corrected chi connectivity index (χ1v) is 14.9. The van der Waals surface area contributed by atoms with Crippen LogP contribution in [0.5, 0.6) is 5.75 Å². The second kappa shape index (κ2) is 13.7. The summed E-state index contributed by atoms with van der Waals surface area (Å²) in [6, 6.07) is 14.6. The highest BCUT2D eigenvalue weighted by atomic mass is 35.5. The molecule has 0 aliphatic carbocycles. The van der Waals surface area contributed by atoms with Crippen molar-refractivity contribution in [3.63, 3.8) is 0 Å². The standard InChI is InChI=1S/C30H27ClFN3O5S2/c31-23-16-19(5-7-24(23)32)25-4-1-3-22(33-25)17-27-28(36)35(30(41)42-27)9-2-12-40-26-8-6-20(29(37)38)15-21(26)18-34-10-13-39-14-11-34/h1,3-8,15-17H,2,9-14,18H2,(H,37,38). The zero-order valence-corrected chi connectivity index (χ0v) is 24.8. The second-order valence-corrected chi connectivity index (χ2v) is 11.7. The number of carbonyl (C=O) groups excluding carboxylic acids is 1. The molecule has 218 valence electrons. The molecule has 2 aliphatic rings. The van der Waals surface area contributed by atoms with Crippen molar-refractivity contribution in [2.24, 2.45) is 0 Å². The van der Waals surface area contributed by atoms with Gasteiger partial charge in [-0.25, -0.2) is 14.2 Å². The van der Waals surface area contributed by atoms with Gasteiger partial charge in [-0.1, -0.05) is 41.6 Å². The van der Waals surface area contributed by atoms with E-state index in [4.69, 9.17) is 33.3 Å². The van der Waals surface area contributed by atoms with E-state index in [1.807, 2.05) is 0 Å². The molecule has 0 unspecified atom stereocenters. The van der Waals surface area contributed by atoms with Crippen molar-refractivity contribution in [2.75, 3.05) is 39.5 Å². The molecule has 2 fully saturated rings. The van der Waals surface area contributed by atoms with E-state index in [1.54, 1.807) is 47.4 Å². The van der Waals surface area contributed by atoms with Gasteiger partial charge in [0.2, 0.25) is 0 Å². The van der Waals surface area contributed by atoms with Gasteiger partial charge in [-0.05, 0) is 61.0 Å². The molecular formula is C30H27ClFN3O5S2. The van der Waals surface area contributed by atoms with Crippen LogP contribution in [0.4, 0.5) is 4.39 Å². The number of rotatable bonds is 10. The fraction of sp³-hybridized carbons (Fsp3) is 0.267. The van der Waals surface area contributed by atoms with Crippen molar-refractivity contribution in [3.05, 3.63) is 87.2 Å². The van der Waals surface area contributed by atoms with E-state index in [-0.39, 0.29) is 16.5 Å². The lowest BCUT2D eigenvalue weighted by atomic mass is 10.1. The third-order valence-corrected chi connectivity index (χ3v) is 8.39. The summed E-state index contributed by atoms with van der Waals surface area (Å²) in [5.41, 5.74) is 2.83. The van der Waals surface area contributed by atoms with Crippen molar-refractivity contribution in [3.8, 4) is 17.0 Å². The van der Waals surface area contributed by atoms with Gasteiger partial charge < -0.3 is 14.6 Å². The molecule has 5 rings (SSSR count). The maximum absolute atomic E-state index is 13.6. The first-order chi connectivity index (χ1) is 20.3. The molecular weight excluding hydrogens is 601 g/mol. The van der Waals surface area contributed by atoms with Crippen molar-refractivity contribution in [1.82, 2.24) is 14.8 Å². The van der Waals surface area contributed by atoms with Gasteiger partial charge >= 0.3 is 5.97 Å². The Balaban J connectivity index is 1.20. The second-order valence-electron chi connectivity index (χ2n) is 9.63. The van der Waals surface area contributed by atoms with Crippen molar-refractivity contribution < 1.29 is 28.6 Å². The number of morpholine rings is 1. The zero-order valence-electron chi connectivity index (χ0n) is 22.4. The Hall–Kier alpha value is -3.35. The van der Waals surface area contributed by atoms with Crippen LogP contribution in [0.15, 0.2) is 59.5 Å². The average molecular weight is 628 g/mol. The molecule has 0 radical (unpaired) electrons. The molecule has 0 atom stereocenters. The van der Waals surface area contributed by atoms with Gasteiger partial charge in [0.15, 0.2) is 0 Å². The quantitative estimate of drug-likeness (QED) is 0.172. The van der Waals surface area contributed by atoms with Crippen LogP contribution in [0.25, 0.3) is 17.3 Å². The molecule has 2 aromatic carbocycles. The molecule has 3 aromatic rings. The normalized spacial score (nSPS) is 16.8. The predicted octanol–water partition coefficient (Wildman–Crippen LogP) is 5.74. The summed E-state index contributed by atoms with van der Waals surface area (Å²) >= 11 is 12.6. The molecule has 2 aliphatic heterocycles. The number of carboxylic acids is 1. The number of benzene rings is 2. The van der Waals surface area contributed by atoms with E-state index in [1.165, 1.54) is 30.0 Å². The van der Waals surface area contributed by atoms with E-state index < -0.39 is 11.8 Å². The Morgan fingerprint density at radius 1 is 1.19 bits per heavy atom. The van der Waals surface area contributed by atoms with E-state index in [9.17, 15) is 19.1 Å². The Kier molecular flexibility index (Phi) is 9.86. The van der Waals surface area contributed by atoms with Crippen LogP contribution >= 0.6 is 35.6 Å². The molecule has 1 aromatic heterocycles. The molecule has 0 spiro atoms. The fourth-order valence-corrected chi connectivity index (χ4v) is 6.03. The number of hydrogen-bond acceptors (Lipinski definition) is 8. The van der Waals surface area contributed by atoms with Gasteiger partial charge in [0.1, 0.15) is 15.9 Å². The van der Waals surface area contributed by atoms with Crippen LogP contribution in [0.2, 0.25) is 5.02 Å². The summed E-state index contributed by atoms with van der Waals surface area (Å²) in [5, 5.41) is 9.45. The van der Waals surface area contributed by atoms with Crippen molar-refractivity contribution in [2.45, 2.75) is 13.0 Å². The Labute approximate surface area is 257 Å². The number of aromatic nitrogens is 1. The topological polar surface area (TPSA) is 92.2 Å². The molecule has 1 N–H and O–H groups in total. The minimum atomic E-state index is -0.992. The Morgan fingerprint density at radius 2 is 2.00 bits per heavy atom. The number of pyridine rings is 1. The summed E-state index contributed by atoms with van der Waals surface area (Å²) in [7, 11) is 0. The first-order valence-electron chi connectivity index (χ1n) is 13.3. The maximum Gasteiger partial charge on any atom is 0.335 e. The minimum Gasteiger partial charge on any atom is -0.493 e. The highest BCUT2D eigenvalue weighted by Gasteiger charge is 2.31. The van der Waals surface area contributed by atoms with Gasteiger partial charge in [0.25, 0.3) is 5.91 Å². The summed E-state index contributed by atoms with van der Waals surface area (Å²) in [6.07, 6.45) is 2.21.